The molecule has 0 radical (unpaired) electrons. The van der Waals surface area contributed by atoms with Gasteiger partial charge in [0.15, 0.2) is 5.84 Å². The number of benzene rings is 1. The van der Waals surface area contributed by atoms with Crippen LogP contribution in [0.15, 0.2) is 34.3 Å². The smallest absolute Gasteiger partial charge is 0.348 e. The van der Waals surface area contributed by atoms with E-state index < -0.39 is 28.8 Å². The van der Waals surface area contributed by atoms with E-state index in [0.29, 0.717) is 42.9 Å². The van der Waals surface area contributed by atoms with Crippen LogP contribution in [0, 0.1) is 16.7 Å². The molecule has 1 aliphatic carbocycles. The van der Waals surface area contributed by atoms with Crippen LogP contribution in [-0.4, -0.2) is 61.4 Å². The fourth-order valence-electron chi connectivity index (χ4n) is 5.42. The lowest BCUT2D eigenvalue weighted by Gasteiger charge is -2.36. The van der Waals surface area contributed by atoms with Crippen LogP contribution in [0.1, 0.15) is 85.6 Å². The Morgan fingerprint density at radius 3 is 2.40 bits per heavy atom. The number of anilines is 1. The van der Waals surface area contributed by atoms with Crippen LogP contribution >= 0.6 is 7.52 Å². The number of rotatable bonds is 12. The van der Waals surface area contributed by atoms with Crippen molar-refractivity contribution in [1.29, 1.82) is 0 Å². The van der Waals surface area contributed by atoms with Crippen molar-refractivity contribution in [1.82, 2.24) is 4.90 Å². The van der Waals surface area contributed by atoms with Crippen LogP contribution in [0.4, 0.5) is 5.69 Å². The molecule has 2 atom stereocenters. The van der Waals surface area contributed by atoms with Gasteiger partial charge in [0.2, 0.25) is 0 Å². The molecule has 4 rings (SSSR count). The molecule has 11 heteroatoms. The monoisotopic (exact) mass is 621 g/mol. The average Bonchev–Trinajstić information content (AvgIpc) is 3.64. The molecule has 234 valence electrons. The van der Waals surface area contributed by atoms with E-state index >= 15 is 0 Å². The third kappa shape index (κ3) is 8.06. The van der Waals surface area contributed by atoms with Gasteiger partial charge in [-0.3, -0.25) is 9.36 Å². The first-order valence-corrected chi connectivity index (χ1v) is 18.7. The van der Waals surface area contributed by atoms with Crippen LogP contribution in [0.3, 0.4) is 0 Å². The summed E-state index contributed by atoms with van der Waals surface area (Å²) in [5.74, 6) is 0.227. The average molecular weight is 622 g/mol. The molecule has 42 heavy (non-hydrogen) atoms. The summed E-state index contributed by atoms with van der Waals surface area (Å²) in [6.45, 7) is 13.1. The van der Waals surface area contributed by atoms with Gasteiger partial charge in [-0.25, -0.2) is 8.42 Å². The van der Waals surface area contributed by atoms with E-state index in [1.807, 2.05) is 39.0 Å². The quantitative estimate of drug-likeness (QED) is 0.216. The number of fused-ring (bicyclic) bond motifs is 1. The highest BCUT2D eigenvalue weighted by Crippen LogP contribution is 2.54. The van der Waals surface area contributed by atoms with Gasteiger partial charge in [-0.1, -0.05) is 54.0 Å². The molecule has 0 saturated heterocycles. The number of carbonyl (C=O) groups excluding carboxylic acids is 1. The van der Waals surface area contributed by atoms with E-state index in [1.165, 1.54) is 6.26 Å². The number of aliphatic hydroxyl groups excluding tert-OH is 1. The van der Waals surface area contributed by atoms with Gasteiger partial charge >= 0.3 is 7.52 Å². The Labute approximate surface area is 251 Å². The fourth-order valence-corrected chi connectivity index (χ4v) is 8.05. The van der Waals surface area contributed by atoms with Gasteiger partial charge in [-0.05, 0) is 73.0 Å². The second-order valence-corrected chi connectivity index (χ2v) is 18.7. The van der Waals surface area contributed by atoms with Gasteiger partial charge in [0.25, 0.3) is 5.91 Å². The molecule has 2 aliphatic heterocycles. The highest BCUT2D eigenvalue weighted by molar-refractivity contribution is 7.90. The van der Waals surface area contributed by atoms with Crippen molar-refractivity contribution in [2.75, 3.05) is 30.5 Å². The maximum Gasteiger partial charge on any atom is 0.348 e. The number of aliphatic hydroxyl groups is 1. The minimum atomic E-state index is -3.76. The van der Waals surface area contributed by atoms with Crippen LogP contribution in [-0.2, 0) is 30.1 Å². The SMILES string of the molecule is CC(C)(C)CCN1C(=O)C(C2=NP(=O)(OCC3CC3)c3cc(CCCCCS(C)(=O)=O)ccc3N2)=C(O)[C@@H]1C(C)(C)C. The number of hydrogen-bond donors (Lipinski definition) is 2. The molecule has 2 heterocycles. The van der Waals surface area contributed by atoms with Crippen molar-refractivity contribution in [3.05, 3.63) is 35.1 Å². The molecule has 0 aromatic heterocycles. The molecular weight excluding hydrogens is 573 g/mol. The molecule has 1 aromatic carbocycles. The number of amidine groups is 1. The van der Waals surface area contributed by atoms with Crippen molar-refractivity contribution in [2.45, 2.75) is 92.5 Å². The second kappa shape index (κ2) is 12.1. The minimum absolute atomic E-state index is 0.00159. The van der Waals surface area contributed by atoms with E-state index in [4.69, 9.17) is 4.52 Å². The zero-order valence-electron chi connectivity index (χ0n) is 26.2. The number of nitrogens with one attached hydrogen (secondary N) is 1. The van der Waals surface area contributed by atoms with E-state index in [-0.39, 0.29) is 34.2 Å². The van der Waals surface area contributed by atoms with Crippen LogP contribution in [0.5, 0.6) is 0 Å². The lowest BCUT2D eigenvalue weighted by Crippen LogP contribution is -2.45. The summed E-state index contributed by atoms with van der Waals surface area (Å²) in [5.41, 5.74) is 1.13. The van der Waals surface area contributed by atoms with Crippen molar-refractivity contribution in [2.24, 2.45) is 21.5 Å². The standard InChI is InChI=1S/C31H48N3O6PS/c1-30(2,3)16-17-34-27(31(4,5)6)26(35)25(29(34)36)28-32-23-15-14-21(11-9-8-10-18-42(7,38)39)19-24(23)41(37,33-28)40-20-22-12-13-22/h14-15,19,22,27,35H,8-13,16-18,20H2,1-7H3,(H,32,33,37)/t27-,41?/m1/s1. The molecule has 2 N–H and O–H groups in total. The van der Waals surface area contributed by atoms with Crippen molar-refractivity contribution < 1.29 is 27.4 Å². The largest absolute Gasteiger partial charge is 0.509 e. The summed E-state index contributed by atoms with van der Waals surface area (Å²) in [7, 11) is -6.74. The Morgan fingerprint density at radius 1 is 1.12 bits per heavy atom. The van der Waals surface area contributed by atoms with Gasteiger partial charge in [-0.2, -0.15) is 4.76 Å². The summed E-state index contributed by atoms with van der Waals surface area (Å²) in [5, 5.41) is 15.2. The first kappa shape index (κ1) is 32.7. The number of unbranched alkanes of at least 4 members (excludes halogenated alkanes) is 2. The first-order chi connectivity index (χ1) is 19.4. The molecule has 1 unspecified atom stereocenters. The van der Waals surface area contributed by atoms with Crippen LogP contribution in [0.25, 0.3) is 0 Å². The van der Waals surface area contributed by atoms with E-state index in [0.717, 1.165) is 37.7 Å². The summed E-state index contributed by atoms with van der Waals surface area (Å²) < 4.78 is 48.0. The Bertz CT molecular complexity index is 1420. The van der Waals surface area contributed by atoms with E-state index in [1.54, 1.807) is 4.90 Å². The molecule has 1 amide bonds. The van der Waals surface area contributed by atoms with E-state index in [2.05, 4.69) is 30.9 Å². The number of carbonyl (C=O) groups is 1. The highest BCUT2D eigenvalue weighted by Gasteiger charge is 2.49. The first-order valence-electron chi connectivity index (χ1n) is 15.1. The zero-order chi connectivity index (χ0) is 31.1. The highest BCUT2D eigenvalue weighted by atomic mass is 32.2. The van der Waals surface area contributed by atoms with Crippen molar-refractivity contribution in [3.8, 4) is 0 Å². The fraction of sp³-hybridized carbons (Fsp3) is 0.677. The Kier molecular flexibility index (Phi) is 9.42. The van der Waals surface area contributed by atoms with Crippen molar-refractivity contribution >= 4 is 40.1 Å². The lowest BCUT2D eigenvalue weighted by molar-refractivity contribution is -0.128. The van der Waals surface area contributed by atoms with Gasteiger partial charge in [-0.15, -0.1) is 0 Å². The predicted octanol–water partition coefficient (Wildman–Crippen LogP) is 6.02. The topological polar surface area (TPSA) is 125 Å². The van der Waals surface area contributed by atoms with Crippen LogP contribution < -0.4 is 10.6 Å². The number of nitrogens with zero attached hydrogens (tertiary/aromatic N) is 2. The minimum Gasteiger partial charge on any atom is -0.509 e. The number of hydrogen-bond acceptors (Lipinski definition) is 7. The maximum atomic E-state index is 14.5. The third-order valence-corrected chi connectivity index (χ3v) is 10.9. The van der Waals surface area contributed by atoms with Crippen molar-refractivity contribution in [3.63, 3.8) is 0 Å². The molecule has 3 aliphatic rings. The normalized spacial score (nSPS) is 23.2. The molecular formula is C31H48N3O6PS. The third-order valence-electron chi connectivity index (χ3n) is 7.98. The van der Waals surface area contributed by atoms with Crippen LogP contribution in [0.2, 0.25) is 0 Å². The lowest BCUT2D eigenvalue weighted by atomic mass is 9.84. The second-order valence-electron chi connectivity index (χ2n) is 14.5. The van der Waals surface area contributed by atoms with Gasteiger partial charge < -0.3 is 19.8 Å². The Balaban J connectivity index is 1.64. The summed E-state index contributed by atoms with van der Waals surface area (Å²) in [4.78, 5) is 15.6. The summed E-state index contributed by atoms with van der Waals surface area (Å²) in [6.07, 6.45) is 6.95. The number of amides is 1. The summed E-state index contributed by atoms with van der Waals surface area (Å²) >= 11 is 0. The molecule has 9 nitrogen and oxygen atoms in total. The number of aryl methyl sites for hydroxylation is 1. The molecule has 1 aromatic rings. The molecule has 0 bridgehead atoms. The number of sulfone groups is 1. The van der Waals surface area contributed by atoms with Gasteiger partial charge in [0.1, 0.15) is 21.2 Å². The summed E-state index contributed by atoms with van der Waals surface area (Å²) in [6, 6.07) is 5.09. The zero-order valence-corrected chi connectivity index (χ0v) is 27.9. The molecule has 0 spiro atoms. The predicted molar refractivity (Wildman–Crippen MR) is 169 cm³/mol. The molecule has 1 fully saturated rings. The van der Waals surface area contributed by atoms with Gasteiger partial charge in [0, 0.05) is 18.6 Å². The Morgan fingerprint density at radius 2 is 1.81 bits per heavy atom. The van der Waals surface area contributed by atoms with Gasteiger partial charge in [0.05, 0.1) is 23.6 Å². The van der Waals surface area contributed by atoms with E-state index in [9.17, 15) is 22.9 Å². The maximum absolute atomic E-state index is 14.5. The molecule has 1 saturated carbocycles. The Hall–Kier alpha value is -2.16.